The summed E-state index contributed by atoms with van der Waals surface area (Å²) in [4.78, 5) is 0. The van der Waals surface area contributed by atoms with Crippen molar-refractivity contribution in [2.24, 2.45) is 0 Å². The molecule has 0 bridgehead atoms. The standard InChI is InChI=1S/C18H24FN3/c1-4-18(2,3)13-9-10-15(19)14(12-13)17-21-20-16-8-6-5-7-11-22(16)17/h9-10,12H,4-8,11H2,1-3H3. The van der Waals surface area contributed by atoms with Crippen LogP contribution in [0.25, 0.3) is 11.4 Å². The molecule has 0 aliphatic carbocycles. The molecule has 1 aromatic carbocycles. The molecule has 0 saturated carbocycles. The Kier molecular flexibility index (Phi) is 4.02. The second-order valence-electron chi connectivity index (χ2n) is 6.83. The van der Waals surface area contributed by atoms with E-state index in [-0.39, 0.29) is 11.2 Å². The van der Waals surface area contributed by atoms with Gasteiger partial charge in [-0.25, -0.2) is 4.39 Å². The molecule has 22 heavy (non-hydrogen) atoms. The lowest BCUT2D eigenvalue weighted by molar-refractivity contribution is 0.504. The summed E-state index contributed by atoms with van der Waals surface area (Å²) in [6, 6.07) is 5.42. The first-order valence-corrected chi connectivity index (χ1v) is 8.25. The van der Waals surface area contributed by atoms with Gasteiger partial charge in [0, 0.05) is 13.0 Å². The third-order valence-electron chi connectivity index (χ3n) is 4.98. The zero-order chi connectivity index (χ0) is 15.7. The molecule has 3 nitrogen and oxygen atoms in total. The van der Waals surface area contributed by atoms with E-state index in [1.807, 2.05) is 12.1 Å². The van der Waals surface area contributed by atoms with Crippen molar-refractivity contribution in [3.05, 3.63) is 35.4 Å². The van der Waals surface area contributed by atoms with Crippen LogP contribution in [0.1, 0.15) is 57.8 Å². The van der Waals surface area contributed by atoms with Crippen LogP contribution >= 0.6 is 0 Å². The predicted octanol–water partition coefficient (Wildman–Crippen LogP) is 4.50. The number of hydrogen-bond acceptors (Lipinski definition) is 2. The van der Waals surface area contributed by atoms with Gasteiger partial charge in [-0.15, -0.1) is 10.2 Å². The lowest BCUT2D eigenvalue weighted by atomic mass is 9.81. The van der Waals surface area contributed by atoms with Crippen LogP contribution in [0.15, 0.2) is 18.2 Å². The van der Waals surface area contributed by atoms with Gasteiger partial charge in [0.1, 0.15) is 11.6 Å². The highest BCUT2D eigenvalue weighted by Gasteiger charge is 2.23. The summed E-state index contributed by atoms with van der Waals surface area (Å²) in [6.45, 7) is 7.42. The number of aryl methyl sites for hydroxylation is 1. The largest absolute Gasteiger partial charge is 0.311 e. The smallest absolute Gasteiger partial charge is 0.166 e. The second kappa shape index (κ2) is 5.82. The fourth-order valence-corrected chi connectivity index (χ4v) is 3.01. The summed E-state index contributed by atoms with van der Waals surface area (Å²) in [5.74, 6) is 1.46. The highest BCUT2D eigenvalue weighted by molar-refractivity contribution is 5.58. The van der Waals surface area contributed by atoms with Gasteiger partial charge in [0.25, 0.3) is 0 Å². The SMILES string of the molecule is CCC(C)(C)c1ccc(F)c(-c2nnc3n2CCCCC3)c1. The fraction of sp³-hybridized carbons (Fsp3) is 0.556. The Labute approximate surface area is 131 Å². The first kappa shape index (κ1) is 15.2. The third-order valence-corrected chi connectivity index (χ3v) is 4.98. The number of nitrogens with zero attached hydrogens (tertiary/aromatic N) is 3. The minimum Gasteiger partial charge on any atom is -0.311 e. The van der Waals surface area contributed by atoms with Crippen molar-refractivity contribution in [3.63, 3.8) is 0 Å². The van der Waals surface area contributed by atoms with Gasteiger partial charge in [0.2, 0.25) is 0 Å². The number of fused-ring (bicyclic) bond motifs is 1. The zero-order valence-corrected chi connectivity index (χ0v) is 13.7. The van der Waals surface area contributed by atoms with Gasteiger partial charge in [-0.2, -0.15) is 0 Å². The van der Waals surface area contributed by atoms with Gasteiger partial charge in [0.15, 0.2) is 5.82 Å². The molecule has 0 saturated heterocycles. The summed E-state index contributed by atoms with van der Waals surface area (Å²) >= 11 is 0. The van der Waals surface area contributed by atoms with E-state index in [0.29, 0.717) is 11.4 Å². The number of benzene rings is 1. The molecule has 0 amide bonds. The normalized spacial score (nSPS) is 15.5. The first-order valence-electron chi connectivity index (χ1n) is 8.25. The van der Waals surface area contributed by atoms with E-state index in [1.54, 1.807) is 6.07 Å². The zero-order valence-electron chi connectivity index (χ0n) is 13.7. The molecular weight excluding hydrogens is 277 g/mol. The summed E-state index contributed by atoms with van der Waals surface area (Å²) in [5, 5.41) is 8.59. The van der Waals surface area contributed by atoms with Gasteiger partial charge < -0.3 is 4.57 Å². The Morgan fingerprint density at radius 1 is 1.18 bits per heavy atom. The Hall–Kier alpha value is -1.71. The fourth-order valence-electron chi connectivity index (χ4n) is 3.01. The molecule has 0 radical (unpaired) electrons. The highest BCUT2D eigenvalue weighted by atomic mass is 19.1. The van der Waals surface area contributed by atoms with Crippen LogP contribution in [0.5, 0.6) is 0 Å². The van der Waals surface area contributed by atoms with E-state index in [0.717, 1.165) is 43.6 Å². The van der Waals surface area contributed by atoms with Crippen LogP contribution in [0, 0.1) is 5.82 Å². The maximum Gasteiger partial charge on any atom is 0.166 e. The molecule has 0 N–H and O–H groups in total. The average Bonchev–Trinajstić information content (AvgIpc) is 2.76. The van der Waals surface area contributed by atoms with Crippen LogP contribution in [0.3, 0.4) is 0 Å². The quantitative estimate of drug-likeness (QED) is 0.835. The Bertz CT molecular complexity index is 673. The molecule has 3 rings (SSSR count). The van der Waals surface area contributed by atoms with Crippen molar-refractivity contribution in [1.82, 2.24) is 14.8 Å². The van der Waals surface area contributed by atoms with E-state index in [2.05, 4.69) is 35.5 Å². The number of rotatable bonds is 3. The molecule has 1 aliphatic rings. The molecule has 1 aromatic heterocycles. The molecule has 2 heterocycles. The Morgan fingerprint density at radius 2 is 2.00 bits per heavy atom. The molecule has 1 aliphatic heterocycles. The van der Waals surface area contributed by atoms with Crippen LogP contribution in [-0.4, -0.2) is 14.8 Å². The average molecular weight is 301 g/mol. The molecular formula is C18H24FN3. The van der Waals surface area contributed by atoms with Gasteiger partial charge in [0.05, 0.1) is 5.56 Å². The molecule has 0 spiro atoms. The van der Waals surface area contributed by atoms with E-state index in [4.69, 9.17) is 0 Å². The first-order chi connectivity index (χ1) is 10.5. The molecule has 0 unspecified atom stereocenters. The van der Waals surface area contributed by atoms with Crippen molar-refractivity contribution >= 4 is 0 Å². The molecule has 2 aromatic rings. The van der Waals surface area contributed by atoms with Crippen LogP contribution in [-0.2, 0) is 18.4 Å². The Morgan fingerprint density at radius 3 is 2.77 bits per heavy atom. The van der Waals surface area contributed by atoms with Crippen LogP contribution in [0.2, 0.25) is 0 Å². The van der Waals surface area contributed by atoms with E-state index >= 15 is 0 Å². The van der Waals surface area contributed by atoms with Crippen molar-refractivity contribution in [2.75, 3.05) is 0 Å². The maximum absolute atomic E-state index is 14.4. The Balaban J connectivity index is 2.09. The topological polar surface area (TPSA) is 30.7 Å². The monoisotopic (exact) mass is 301 g/mol. The van der Waals surface area contributed by atoms with Crippen molar-refractivity contribution < 1.29 is 4.39 Å². The van der Waals surface area contributed by atoms with E-state index in [1.165, 1.54) is 6.42 Å². The number of aromatic nitrogens is 3. The van der Waals surface area contributed by atoms with Crippen molar-refractivity contribution in [3.8, 4) is 11.4 Å². The van der Waals surface area contributed by atoms with Crippen LogP contribution in [0.4, 0.5) is 4.39 Å². The van der Waals surface area contributed by atoms with E-state index in [9.17, 15) is 4.39 Å². The molecule has 0 fully saturated rings. The number of hydrogen-bond donors (Lipinski definition) is 0. The summed E-state index contributed by atoms with van der Waals surface area (Å²) in [6.07, 6.45) is 5.41. The molecule has 118 valence electrons. The maximum atomic E-state index is 14.4. The lowest BCUT2D eigenvalue weighted by Crippen LogP contribution is -2.16. The highest BCUT2D eigenvalue weighted by Crippen LogP contribution is 2.32. The van der Waals surface area contributed by atoms with Gasteiger partial charge in [-0.05, 0) is 42.4 Å². The van der Waals surface area contributed by atoms with Gasteiger partial charge in [-0.1, -0.05) is 33.3 Å². The van der Waals surface area contributed by atoms with Gasteiger partial charge >= 0.3 is 0 Å². The molecule has 0 atom stereocenters. The minimum atomic E-state index is -0.213. The summed E-state index contributed by atoms with van der Waals surface area (Å²) < 4.78 is 16.5. The summed E-state index contributed by atoms with van der Waals surface area (Å²) in [5.41, 5.74) is 1.77. The minimum absolute atomic E-state index is 0.0318. The number of halogens is 1. The van der Waals surface area contributed by atoms with E-state index < -0.39 is 0 Å². The van der Waals surface area contributed by atoms with Crippen molar-refractivity contribution in [2.45, 2.75) is 64.8 Å². The molecule has 4 heteroatoms. The lowest BCUT2D eigenvalue weighted by Gasteiger charge is -2.24. The third kappa shape index (κ3) is 2.67. The summed E-state index contributed by atoms with van der Waals surface area (Å²) in [7, 11) is 0. The van der Waals surface area contributed by atoms with Crippen molar-refractivity contribution in [1.29, 1.82) is 0 Å². The predicted molar refractivity (Wildman–Crippen MR) is 86.3 cm³/mol. The van der Waals surface area contributed by atoms with Crippen LogP contribution < -0.4 is 0 Å². The second-order valence-corrected chi connectivity index (χ2v) is 6.83. The van der Waals surface area contributed by atoms with Gasteiger partial charge in [-0.3, -0.25) is 0 Å².